The van der Waals surface area contributed by atoms with Crippen LogP contribution in [-0.2, 0) is 14.9 Å². The Morgan fingerprint density at radius 2 is 1.77 bits per heavy atom. The number of alkyl halides is 3. The van der Waals surface area contributed by atoms with Gasteiger partial charge in [-0.05, 0) is 64.0 Å². The zero-order valence-corrected chi connectivity index (χ0v) is 21.9. The molecule has 11 heteroatoms. The van der Waals surface area contributed by atoms with Crippen LogP contribution in [0.4, 0.5) is 13.2 Å². The minimum Gasteiger partial charge on any atom is -0.379 e. The van der Waals surface area contributed by atoms with E-state index >= 15 is 0 Å². The molecule has 8 nitrogen and oxygen atoms in total. The Bertz CT molecular complexity index is 1510. The molecular weight excluding hydrogens is 511 g/mol. The largest absolute Gasteiger partial charge is 0.394 e. The number of rotatable bonds is 4. The van der Waals surface area contributed by atoms with Gasteiger partial charge in [-0.3, -0.25) is 4.79 Å². The monoisotopic (exact) mass is 541 g/mol. The van der Waals surface area contributed by atoms with Crippen molar-refractivity contribution in [2.75, 3.05) is 19.8 Å². The van der Waals surface area contributed by atoms with E-state index in [4.69, 9.17) is 24.4 Å². The molecule has 0 N–H and O–H groups in total. The van der Waals surface area contributed by atoms with Gasteiger partial charge >= 0.3 is 6.18 Å². The van der Waals surface area contributed by atoms with Crippen molar-refractivity contribution >= 4 is 11.2 Å². The van der Waals surface area contributed by atoms with Gasteiger partial charge in [0, 0.05) is 36.8 Å². The van der Waals surface area contributed by atoms with Crippen LogP contribution in [0.25, 0.3) is 11.2 Å². The molecular formula is C28H30F3N5O3. The van der Waals surface area contributed by atoms with Crippen molar-refractivity contribution in [3.8, 4) is 0 Å². The number of fused-ring (bicyclic) bond motifs is 1. The topological polar surface area (TPSA) is 92.0 Å². The average molecular weight is 542 g/mol. The number of hydrogen-bond acceptors (Lipinski definition) is 7. The summed E-state index contributed by atoms with van der Waals surface area (Å²) < 4.78 is 54.3. The summed E-state index contributed by atoms with van der Waals surface area (Å²) in [5, 5.41) is 0. The van der Waals surface area contributed by atoms with Gasteiger partial charge in [0.2, 0.25) is 0 Å². The van der Waals surface area contributed by atoms with Crippen LogP contribution in [0.2, 0.25) is 0 Å². The maximum atomic E-state index is 13.7. The van der Waals surface area contributed by atoms with Crippen LogP contribution in [-0.4, -0.2) is 50.5 Å². The van der Waals surface area contributed by atoms with Crippen molar-refractivity contribution in [2.24, 2.45) is 5.41 Å². The predicted octanol–water partition coefficient (Wildman–Crippen LogP) is 4.78. The van der Waals surface area contributed by atoms with Gasteiger partial charge in [0.25, 0.3) is 5.56 Å². The second-order valence-corrected chi connectivity index (χ2v) is 11.9. The fourth-order valence-electron chi connectivity index (χ4n) is 7.02. The number of halogens is 3. The first-order valence-corrected chi connectivity index (χ1v) is 13.6. The molecule has 0 aromatic carbocycles. The summed E-state index contributed by atoms with van der Waals surface area (Å²) in [5.74, 6) is 0.529. The minimum atomic E-state index is -4.20. The first-order valence-electron chi connectivity index (χ1n) is 13.6. The standard InChI is InChI=1S/C28H30F3N5O3/c1-15-16(2)33-25-22(32-15)23(26-12-27(13-26,14-26)28(29,30)31)34-24(35-25)17-5-8-39-20(9-17)18-3-4-21(37)36(10-18)19-6-7-38-11-19/h3-4,10,17,19-20H,5-9,11-14H2,1-2H3/t17-,19?,20+,26?,27?/m0/s1. The van der Waals surface area contributed by atoms with E-state index in [0.29, 0.717) is 55.3 Å². The smallest absolute Gasteiger partial charge is 0.379 e. The van der Waals surface area contributed by atoms with E-state index in [-0.39, 0.29) is 42.9 Å². The Balaban J connectivity index is 1.23. The molecule has 1 unspecified atom stereocenters. The molecule has 3 aromatic heterocycles. The number of nitrogens with zero attached hydrogens (tertiary/aromatic N) is 5. The first-order chi connectivity index (χ1) is 18.6. The highest BCUT2D eigenvalue weighted by Crippen LogP contribution is 2.78. The van der Waals surface area contributed by atoms with Gasteiger partial charge in [-0.2, -0.15) is 13.2 Å². The van der Waals surface area contributed by atoms with Crippen molar-refractivity contribution in [1.29, 1.82) is 0 Å². The molecule has 3 saturated carbocycles. The molecule has 5 aliphatic rings. The third-order valence-corrected chi connectivity index (χ3v) is 9.37. The SMILES string of the molecule is Cc1nc2nc([C@H]3CCO[C@@H](c4ccc(=O)n(C5CCOC5)c4)C3)nc(C34CC(C(F)(F)F)(C3)C4)c2nc1C. The Morgan fingerprint density at radius 1 is 1.00 bits per heavy atom. The van der Waals surface area contributed by atoms with Crippen LogP contribution in [0.15, 0.2) is 23.1 Å². The Morgan fingerprint density at radius 3 is 2.49 bits per heavy atom. The fourth-order valence-corrected chi connectivity index (χ4v) is 7.02. The molecule has 5 heterocycles. The lowest BCUT2D eigenvalue weighted by Gasteiger charge is -2.70. The van der Waals surface area contributed by atoms with E-state index in [1.54, 1.807) is 10.6 Å². The van der Waals surface area contributed by atoms with Crippen molar-refractivity contribution in [2.45, 2.75) is 82.0 Å². The van der Waals surface area contributed by atoms with E-state index in [9.17, 15) is 18.0 Å². The summed E-state index contributed by atoms with van der Waals surface area (Å²) in [5.41, 5.74) is 1.68. The van der Waals surface area contributed by atoms with Gasteiger partial charge in [-0.15, -0.1) is 0 Å². The van der Waals surface area contributed by atoms with Crippen molar-refractivity contribution < 1.29 is 22.6 Å². The van der Waals surface area contributed by atoms with E-state index in [1.165, 1.54) is 0 Å². The molecule has 2 bridgehead atoms. The number of aryl methyl sites for hydroxylation is 2. The third kappa shape index (κ3) is 3.83. The summed E-state index contributed by atoms with van der Waals surface area (Å²) >= 11 is 0. The zero-order chi connectivity index (χ0) is 27.2. The summed E-state index contributed by atoms with van der Waals surface area (Å²) in [7, 11) is 0. The summed E-state index contributed by atoms with van der Waals surface area (Å²) in [6, 6.07) is 3.40. The second-order valence-electron chi connectivity index (χ2n) is 11.9. The number of pyridine rings is 1. The number of aromatic nitrogens is 5. The maximum absolute atomic E-state index is 13.7. The molecule has 0 amide bonds. The summed E-state index contributed by atoms with van der Waals surface area (Å²) in [6.07, 6.45) is -0.355. The van der Waals surface area contributed by atoms with Gasteiger partial charge in [0.1, 0.15) is 11.3 Å². The molecule has 206 valence electrons. The molecule has 8 rings (SSSR count). The lowest BCUT2D eigenvalue weighted by atomic mass is 9.34. The van der Waals surface area contributed by atoms with Crippen LogP contribution < -0.4 is 5.56 Å². The van der Waals surface area contributed by atoms with Gasteiger partial charge in [0.05, 0.1) is 41.2 Å². The Kier molecular flexibility index (Phi) is 5.49. The fraction of sp³-hybridized carbons (Fsp3) is 0.607. The Hall–Kier alpha value is -2.92. The maximum Gasteiger partial charge on any atom is 0.394 e. The van der Waals surface area contributed by atoms with Crippen molar-refractivity contribution in [3.05, 3.63) is 57.2 Å². The van der Waals surface area contributed by atoms with Gasteiger partial charge < -0.3 is 14.0 Å². The molecule has 3 aliphatic carbocycles. The van der Waals surface area contributed by atoms with Crippen LogP contribution in [0.5, 0.6) is 0 Å². The number of hydrogen-bond donors (Lipinski definition) is 0. The Labute approximate surface area is 223 Å². The quantitative estimate of drug-likeness (QED) is 0.470. The van der Waals surface area contributed by atoms with Crippen molar-refractivity contribution in [3.63, 3.8) is 0 Å². The van der Waals surface area contributed by atoms with Gasteiger partial charge in [0.15, 0.2) is 5.65 Å². The normalized spacial score (nSPS) is 32.2. The lowest BCUT2D eigenvalue weighted by Crippen LogP contribution is -2.70. The molecule has 3 atom stereocenters. The van der Waals surface area contributed by atoms with E-state index in [0.717, 1.165) is 23.4 Å². The molecule has 2 saturated heterocycles. The molecule has 39 heavy (non-hydrogen) atoms. The second kappa shape index (κ2) is 8.54. The number of ether oxygens (including phenoxy) is 2. The molecule has 0 spiro atoms. The predicted molar refractivity (Wildman–Crippen MR) is 134 cm³/mol. The van der Waals surface area contributed by atoms with E-state index in [1.807, 2.05) is 26.1 Å². The summed E-state index contributed by atoms with van der Waals surface area (Å²) in [6.45, 7) is 5.34. The third-order valence-electron chi connectivity index (χ3n) is 9.37. The van der Waals surface area contributed by atoms with Gasteiger partial charge in [-0.1, -0.05) is 0 Å². The van der Waals surface area contributed by atoms with Gasteiger partial charge in [-0.25, -0.2) is 19.9 Å². The van der Waals surface area contributed by atoms with Crippen LogP contribution in [0, 0.1) is 19.3 Å². The molecule has 5 fully saturated rings. The lowest BCUT2D eigenvalue weighted by molar-refractivity contribution is -0.337. The van der Waals surface area contributed by atoms with Crippen LogP contribution in [0.3, 0.4) is 0 Å². The van der Waals surface area contributed by atoms with E-state index < -0.39 is 17.0 Å². The highest BCUT2D eigenvalue weighted by molar-refractivity contribution is 5.75. The van der Waals surface area contributed by atoms with Crippen LogP contribution in [0.1, 0.15) is 85.1 Å². The first kappa shape index (κ1) is 25.1. The van der Waals surface area contributed by atoms with Crippen LogP contribution >= 0.6 is 0 Å². The van der Waals surface area contributed by atoms with Crippen molar-refractivity contribution in [1.82, 2.24) is 24.5 Å². The highest BCUT2D eigenvalue weighted by atomic mass is 19.4. The average Bonchev–Trinajstić information content (AvgIpc) is 3.37. The minimum absolute atomic E-state index is 0.0153. The molecule has 3 aromatic rings. The zero-order valence-electron chi connectivity index (χ0n) is 21.9. The molecule has 2 aliphatic heterocycles. The summed E-state index contributed by atoms with van der Waals surface area (Å²) in [4.78, 5) is 31.7. The highest BCUT2D eigenvalue weighted by Gasteiger charge is 2.79. The van der Waals surface area contributed by atoms with E-state index in [2.05, 4.69) is 4.98 Å². The molecule has 0 radical (unpaired) electrons.